The lowest BCUT2D eigenvalue weighted by atomic mass is 10.1. The number of halogens is 1. The van der Waals surface area contributed by atoms with E-state index in [0.717, 1.165) is 31.0 Å². The van der Waals surface area contributed by atoms with E-state index >= 15 is 0 Å². The largest absolute Gasteiger partial charge is 0.486 e. The van der Waals surface area contributed by atoms with Crippen LogP contribution in [0, 0.1) is 0 Å². The van der Waals surface area contributed by atoms with Gasteiger partial charge in [-0.25, -0.2) is 0 Å². The highest BCUT2D eigenvalue weighted by Crippen LogP contribution is 2.30. The average molecular weight is 536 g/mol. The standard InChI is InChI=1S/C23H28N4O3.HI/c1-24-23(26-13-19-16-29-20-9-4-5-10-21(20)30-19)25-12-6-11-22(28)27-14-17-7-2-3-8-18(17)15-27;/h2-5,7-10,19H,6,11-16H2,1H3,(H2,24,25,26);1H. The van der Waals surface area contributed by atoms with Gasteiger partial charge in [0.1, 0.15) is 12.7 Å². The molecule has 0 saturated heterocycles. The fourth-order valence-electron chi connectivity index (χ4n) is 3.71. The summed E-state index contributed by atoms with van der Waals surface area (Å²) < 4.78 is 11.7. The molecule has 2 heterocycles. The van der Waals surface area contributed by atoms with E-state index in [9.17, 15) is 4.79 Å². The number of benzene rings is 2. The van der Waals surface area contributed by atoms with Crippen molar-refractivity contribution in [3.05, 3.63) is 59.7 Å². The van der Waals surface area contributed by atoms with Gasteiger partial charge in [0, 0.05) is 33.1 Å². The molecule has 0 bridgehead atoms. The predicted octanol–water partition coefficient (Wildman–Crippen LogP) is 2.93. The minimum Gasteiger partial charge on any atom is -0.486 e. The van der Waals surface area contributed by atoms with E-state index in [2.05, 4.69) is 27.8 Å². The number of carbonyl (C=O) groups is 1. The maximum absolute atomic E-state index is 12.5. The van der Waals surface area contributed by atoms with Gasteiger partial charge in [0.25, 0.3) is 0 Å². The SMILES string of the molecule is CN=C(NCCCC(=O)N1Cc2ccccc2C1)NCC1COc2ccccc2O1.I. The number of amides is 1. The molecule has 2 aliphatic heterocycles. The van der Waals surface area contributed by atoms with Crippen LogP contribution in [0.25, 0.3) is 0 Å². The molecule has 2 aliphatic rings. The fourth-order valence-corrected chi connectivity index (χ4v) is 3.71. The number of rotatable bonds is 6. The number of hydrogen-bond acceptors (Lipinski definition) is 4. The number of carbonyl (C=O) groups excluding carboxylic acids is 1. The molecule has 1 amide bonds. The van der Waals surface area contributed by atoms with Gasteiger partial charge < -0.3 is 25.0 Å². The van der Waals surface area contributed by atoms with E-state index in [4.69, 9.17) is 9.47 Å². The molecule has 0 aromatic heterocycles. The Labute approximate surface area is 200 Å². The van der Waals surface area contributed by atoms with Crippen molar-refractivity contribution in [2.45, 2.75) is 32.0 Å². The summed E-state index contributed by atoms with van der Waals surface area (Å²) in [7, 11) is 1.73. The third-order valence-corrected chi connectivity index (χ3v) is 5.34. The molecule has 1 unspecified atom stereocenters. The molecule has 2 N–H and O–H groups in total. The van der Waals surface area contributed by atoms with Crippen molar-refractivity contribution in [3.8, 4) is 11.5 Å². The molecule has 0 aliphatic carbocycles. The number of guanidine groups is 1. The molecule has 0 fully saturated rings. The topological polar surface area (TPSA) is 75.2 Å². The van der Waals surface area contributed by atoms with E-state index in [1.165, 1.54) is 11.1 Å². The molecule has 0 saturated carbocycles. The first-order valence-corrected chi connectivity index (χ1v) is 10.4. The summed E-state index contributed by atoms with van der Waals surface area (Å²) in [5.41, 5.74) is 2.51. The fraction of sp³-hybridized carbons (Fsp3) is 0.391. The molecule has 0 radical (unpaired) electrons. The van der Waals surface area contributed by atoms with Crippen LogP contribution < -0.4 is 20.1 Å². The first-order valence-electron chi connectivity index (χ1n) is 10.4. The van der Waals surface area contributed by atoms with E-state index in [1.807, 2.05) is 41.3 Å². The Kier molecular flexibility index (Phi) is 8.39. The lowest BCUT2D eigenvalue weighted by Gasteiger charge is -2.27. The van der Waals surface area contributed by atoms with Gasteiger partial charge in [-0.1, -0.05) is 36.4 Å². The van der Waals surface area contributed by atoms with Gasteiger partial charge in [0.2, 0.25) is 5.91 Å². The van der Waals surface area contributed by atoms with Gasteiger partial charge in [-0.15, -0.1) is 24.0 Å². The Bertz CT molecular complexity index is 896. The molecule has 8 heteroatoms. The molecule has 2 aromatic carbocycles. The highest BCUT2D eigenvalue weighted by molar-refractivity contribution is 14.0. The molecular formula is C23H29IN4O3. The van der Waals surface area contributed by atoms with Crippen molar-refractivity contribution in [2.75, 3.05) is 26.7 Å². The van der Waals surface area contributed by atoms with Gasteiger partial charge in [-0.3, -0.25) is 9.79 Å². The number of nitrogens with one attached hydrogen (secondary N) is 2. The summed E-state index contributed by atoms with van der Waals surface area (Å²) >= 11 is 0. The summed E-state index contributed by atoms with van der Waals surface area (Å²) in [6.45, 7) is 3.19. The summed E-state index contributed by atoms with van der Waals surface area (Å²) in [5, 5.41) is 6.53. The quantitative estimate of drug-likeness (QED) is 0.257. The first-order chi connectivity index (χ1) is 14.7. The highest BCUT2D eigenvalue weighted by Gasteiger charge is 2.22. The van der Waals surface area contributed by atoms with Crippen molar-refractivity contribution in [1.29, 1.82) is 0 Å². The van der Waals surface area contributed by atoms with Gasteiger partial charge in [0.05, 0.1) is 6.54 Å². The molecule has 166 valence electrons. The molecule has 2 aromatic rings. The Morgan fingerprint density at radius 1 is 1.06 bits per heavy atom. The van der Waals surface area contributed by atoms with E-state index in [1.54, 1.807) is 7.05 Å². The number of aliphatic imine (C=N–C) groups is 1. The van der Waals surface area contributed by atoms with Crippen molar-refractivity contribution in [3.63, 3.8) is 0 Å². The average Bonchev–Trinajstić information content (AvgIpc) is 3.23. The van der Waals surface area contributed by atoms with Crippen LogP contribution in [0.4, 0.5) is 0 Å². The zero-order valence-corrected chi connectivity index (χ0v) is 20.0. The van der Waals surface area contributed by atoms with Gasteiger partial charge >= 0.3 is 0 Å². The Morgan fingerprint density at radius 2 is 1.74 bits per heavy atom. The Balaban J connectivity index is 0.00000272. The van der Waals surface area contributed by atoms with Crippen LogP contribution in [-0.2, 0) is 17.9 Å². The zero-order valence-electron chi connectivity index (χ0n) is 17.7. The van der Waals surface area contributed by atoms with E-state index < -0.39 is 0 Å². The van der Waals surface area contributed by atoms with Crippen LogP contribution in [0.2, 0.25) is 0 Å². The summed E-state index contributed by atoms with van der Waals surface area (Å²) in [6, 6.07) is 15.9. The minimum atomic E-state index is -0.0863. The second-order valence-electron chi connectivity index (χ2n) is 7.50. The molecule has 7 nitrogen and oxygen atoms in total. The van der Waals surface area contributed by atoms with Crippen LogP contribution in [0.1, 0.15) is 24.0 Å². The summed E-state index contributed by atoms with van der Waals surface area (Å²) in [4.78, 5) is 18.7. The lowest BCUT2D eigenvalue weighted by molar-refractivity contribution is -0.131. The number of para-hydroxylation sites is 2. The third kappa shape index (κ3) is 6.03. The zero-order chi connectivity index (χ0) is 20.8. The second-order valence-corrected chi connectivity index (χ2v) is 7.50. The number of ether oxygens (including phenoxy) is 2. The highest BCUT2D eigenvalue weighted by atomic mass is 127. The molecule has 31 heavy (non-hydrogen) atoms. The van der Waals surface area contributed by atoms with Gasteiger partial charge in [-0.2, -0.15) is 0 Å². The van der Waals surface area contributed by atoms with Crippen molar-refractivity contribution in [1.82, 2.24) is 15.5 Å². The Morgan fingerprint density at radius 3 is 2.45 bits per heavy atom. The van der Waals surface area contributed by atoms with Gasteiger partial charge in [-0.05, 0) is 29.7 Å². The van der Waals surface area contributed by atoms with Crippen molar-refractivity contribution < 1.29 is 14.3 Å². The third-order valence-electron chi connectivity index (χ3n) is 5.34. The molecule has 4 rings (SSSR count). The number of fused-ring (bicyclic) bond motifs is 2. The second kappa shape index (κ2) is 11.2. The van der Waals surface area contributed by atoms with Crippen molar-refractivity contribution in [2.24, 2.45) is 4.99 Å². The van der Waals surface area contributed by atoms with Crippen LogP contribution in [0.5, 0.6) is 11.5 Å². The maximum Gasteiger partial charge on any atom is 0.223 e. The first kappa shape index (κ1) is 23.2. The molecule has 1 atom stereocenters. The monoisotopic (exact) mass is 536 g/mol. The predicted molar refractivity (Wildman–Crippen MR) is 131 cm³/mol. The van der Waals surface area contributed by atoms with Crippen LogP contribution in [0.3, 0.4) is 0 Å². The summed E-state index contributed by atoms with van der Waals surface area (Å²) in [6.07, 6.45) is 1.19. The molecular weight excluding hydrogens is 507 g/mol. The lowest BCUT2D eigenvalue weighted by Crippen LogP contribution is -2.45. The van der Waals surface area contributed by atoms with Crippen LogP contribution >= 0.6 is 24.0 Å². The molecule has 0 spiro atoms. The Hall–Kier alpha value is -2.49. The normalized spacial score (nSPS) is 16.9. The number of nitrogens with zero attached hydrogens (tertiary/aromatic N) is 2. The summed E-state index contributed by atoms with van der Waals surface area (Å²) in [5.74, 6) is 2.43. The smallest absolute Gasteiger partial charge is 0.223 e. The van der Waals surface area contributed by atoms with Crippen LogP contribution in [-0.4, -0.2) is 49.6 Å². The van der Waals surface area contributed by atoms with E-state index in [0.29, 0.717) is 32.1 Å². The number of hydrogen-bond donors (Lipinski definition) is 2. The maximum atomic E-state index is 12.5. The van der Waals surface area contributed by atoms with Gasteiger partial charge in [0.15, 0.2) is 17.5 Å². The van der Waals surface area contributed by atoms with Crippen molar-refractivity contribution >= 4 is 35.8 Å². The van der Waals surface area contributed by atoms with Crippen LogP contribution in [0.15, 0.2) is 53.5 Å². The minimum absolute atomic E-state index is 0. The van der Waals surface area contributed by atoms with E-state index in [-0.39, 0.29) is 36.0 Å².